The summed E-state index contributed by atoms with van der Waals surface area (Å²) in [4.78, 5) is 48.5. The molecule has 2 bridgehead atoms. The Morgan fingerprint density at radius 3 is 1.93 bits per heavy atom. The van der Waals surface area contributed by atoms with Crippen molar-refractivity contribution in [3.63, 3.8) is 0 Å². The van der Waals surface area contributed by atoms with Crippen molar-refractivity contribution >= 4 is 29.5 Å². The SMILES string of the molecule is CCOC(=O)c1cc(NC(=O)C2C3C=CC(O3)C2C(=O)[O-])cc(C(=O)OCC)c1. The number of hydrogen-bond donors (Lipinski definition) is 1. The minimum atomic E-state index is -1.38. The lowest BCUT2D eigenvalue weighted by Gasteiger charge is -2.25. The first-order valence-corrected chi connectivity index (χ1v) is 9.20. The van der Waals surface area contributed by atoms with Crippen molar-refractivity contribution in [3.05, 3.63) is 41.5 Å². The first kappa shape index (κ1) is 20.5. The Kier molecular flexibility index (Phi) is 5.97. The van der Waals surface area contributed by atoms with E-state index in [9.17, 15) is 24.3 Å². The van der Waals surface area contributed by atoms with Crippen molar-refractivity contribution in [2.75, 3.05) is 18.5 Å². The second-order valence-electron chi connectivity index (χ2n) is 6.55. The summed E-state index contributed by atoms with van der Waals surface area (Å²) >= 11 is 0. The molecule has 0 spiro atoms. The van der Waals surface area contributed by atoms with E-state index in [1.807, 2.05) is 0 Å². The number of nitrogens with one attached hydrogen (secondary N) is 1. The summed E-state index contributed by atoms with van der Waals surface area (Å²) in [6, 6.07) is 3.99. The van der Waals surface area contributed by atoms with Gasteiger partial charge >= 0.3 is 11.9 Å². The van der Waals surface area contributed by atoms with Gasteiger partial charge in [-0.25, -0.2) is 9.59 Å². The molecule has 0 aliphatic carbocycles. The Morgan fingerprint density at radius 1 is 0.931 bits per heavy atom. The summed E-state index contributed by atoms with van der Waals surface area (Å²) in [5.41, 5.74) is 0.231. The second-order valence-corrected chi connectivity index (χ2v) is 6.55. The minimum Gasteiger partial charge on any atom is -0.550 e. The van der Waals surface area contributed by atoms with Crippen LogP contribution in [0.15, 0.2) is 30.4 Å². The van der Waals surface area contributed by atoms with Crippen LogP contribution in [0.3, 0.4) is 0 Å². The van der Waals surface area contributed by atoms with Gasteiger partial charge in [0.2, 0.25) is 5.91 Å². The molecule has 0 aromatic heterocycles. The van der Waals surface area contributed by atoms with Gasteiger partial charge in [0.15, 0.2) is 0 Å². The molecular weight excluding hydrogens is 382 g/mol. The maximum atomic E-state index is 12.8. The van der Waals surface area contributed by atoms with Crippen molar-refractivity contribution in [1.29, 1.82) is 0 Å². The van der Waals surface area contributed by atoms with Gasteiger partial charge in [-0.2, -0.15) is 0 Å². The number of benzene rings is 1. The summed E-state index contributed by atoms with van der Waals surface area (Å²) in [5, 5.41) is 14.0. The van der Waals surface area contributed by atoms with Crippen molar-refractivity contribution in [1.82, 2.24) is 0 Å². The average molecular weight is 402 g/mol. The number of esters is 2. The summed E-state index contributed by atoms with van der Waals surface area (Å²) in [5.74, 6) is -5.46. The third-order valence-corrected chi connectivity index (χ3v) is 4.70. The monoisotopic (exact) mass is 402 g/mol. The predicted octanol–water partition coefficient (Wildman–Crippen LogP) is 0.298. The van der Waals surface area contributed by atoms with Crippen LogP contribution in [-0.4, -0.2) is 49.2 Å². The van der Waals surface area contributed by atoms with Gasteiger partial charge in [-0.3, -0.25) is 4.79 Å². The molecule has 1 N–H and O–H groups in total. The molecule has 4 atom stereocenters. The summed E-state index contributed by atoms with van der Waals surface area (Å²) in [6.07, 6.45) is 1.82. The summed E-state index contributed by atoms with van der Waals surface area (Å²) in [7, 11) is 0. The van der Waals surface area contributed by atoms with Crippen LogP contribution in [0.4, 0.5) is 5.69 Å². The minimum absolute atomic E-state index is 0.0493. The van der Waals surface area contributed by atoms with E-state index in [4.69, 9.17) is 14.2 Å². The van der Waals surface area contributed by atoms with Crippen LogP contribution in [-0.2, 0) is 23.8 Å². The van der Waals surface area contributed by atoms with E-state index in [1.54, 1.807) is 26.0 Å². The summed E-state index contributed by atoms with van der Waals surface area (Å²) in [6.45, 7) is 3.54. The lowest BCUT2D eigenvalue weighted by molar-refractivity contribution is -0.313. The van der Waals surface area contributed by atoms with Crippen molar-refractivity contribution < 1.29 is 38.5 Å². The molecule has 3 rings (SSSR count). The fraction of sp³-hybridized carbons (Fsp3) is 0.400. The van der Waals surface area contributed by atoms with Crippen molar-refractivity contribution in [2.24, 2.45) is 11.8 Å². The number of anilines is 1. The Bertz CT molecular complexity index is 841. The van der Waals surface area contributed by atoms with E-state index in [1.165, 1.54) is 18.2 Å². The van der Waals surface area contributed by atoms with Gasteiger partial charge in [0.25, 0.3) is 0 Å². The van der Waals surface area contributed by atoms with Crippen molar-refractivity contribution in [3.8, 4) is 0 Å². The van der Waals surface area contributed by atoms with Crippen LogP contribution in [0, 0.1) is 11.8 Å². The first-order chi connectivity index (χ1) is 13.8. The van der Waals surface area contributed by atoms with E-state index in [0.29, 0.717) is 0 Å². The number of aliphatic carboxylic acids is 1. The fourth-order valence-corrected chi connectivity index (χ4v) is 3.49. The molecule has 2 aliphatic heterocycles. The van der Waals surface area contributed by atoms with Crippen LogP contribution < -0.4 is 10.4 Å². The molecule has 1 aromatic carbocycles. The number of carbonyl (C=O) groups is 4. The third kappa shape index (κ3) is 4.14. The van der Waals surface area contributed by atoms with Crippen molar-refractivity contribution in [2.45, 2.75) is 26.1 Å². The number of fused-ring (bicyclic) bond motifs is 2. The molecule has 154 valence electrons. The number of hydrogen-bond acceptors (Lipinski definition) is 8. The highest BCUT2D eigenvalue weighted by molar-refractivity contribution is 6.01. The number of rotatable bonds is 7. The van der Waals surface area contributed by atoms with Crippen LogP contribution in [0.1, 0.15) is 34.6 Å². The molecule has 9 nitrogen and oxygen atoms in total. The normalized spacial score (nSPS) is 24.2. The lowest BCUT2D eigenvalue weighted by atomic mass is 9.82. The number of carbonyl (C=O) groups excluding carboxylic acids is 4. The Hall–Kier alpha value is -3.20. The molecule has 2 heterocycles. The topological polar surface area (TPSA) is 131 Å². The van der Waals surface area contributed by atoms with E-state index < -0.39 is 47.9 Å². The number of ether oxygens (including phenoxy) is 3. The first-order valence-electron chi connectivity index (χ1n) is 9.20. The van der Waals surface area contributed by atoms with Gasteiger partial charge in [0.1, 0.15) is 0 Å². The third-order valence-electron chi connectivity index (χ3n) is 4.70. The van der Waals surface area contributed by atoms with Gasteiger partial charge in [-0.15, -0.1) is 0 Å². The number of carboxylic acid groups (broad SMARTS) is 1. The maximum Gasteiger partial charge on any atom is 0.338 e. The smallest absolute Gasteiger partial charge is 0.338 e. The zero-order valence-corrected chi connectivity index (χ0v) is 15.9. The molecule has 4 unspecified atom stereocenters. The molecule has 1 aromatic rings. The predicted molar refractivity (Wildman–Crippen MR) is 96.8 cm³/mol. The summed E-state index contributed by atoms with van der Waals surface area (Å²) < 4.78 is 15.4. The lowest BCUT2D eigenvalue weighted by Crippen LogP contribution is -2.45. The van der Waals surface area contributed by atoms with Crippen LogP contribution >= 0.6 is 0 Å². The highest BCUT2D eigenvalue weighted by atomic mass is 16.5. The van der Waals surface area contributed by atoms with E-state index >= 15 is 0 Å². The molecule has 29 heavy (non-hydrogen) atoms. The van der Waals surface area contributed by atoms with Gasteiger partial charge in [0.05, 0.1) is 42.5 Å². The average Bonchev–Trinajstić information content (AvgIpc) is 3.29. The van der Waals surface area contributed by atoms with E-state index in [2.05, 4.69) is 5.32 Å². The van der Waals surface area contributed by atoms with E-state index in [-0.39, 0.29) is 30.0 Å². The second kappa shape index (κ2) is 8.44. The molecular formula is C20H20NO8-. The fourth-order valence-electron chi connectivity index (χ4n) is 3.49. The van der Waals surface area contributed by atoms with Gasteiger partial charge in [-0.05, 0) is 32.0 Å². The van der Waals surface area contributed by atoms with Gasteiger partial charge in [0, 0.05) is 17.6 Å². The molecule has 0 radical (unpaired) electrons. The van der Waals surface area contributed by atoms with E-state index in [0.717, 1.165) is 0 Å². The quantitative estimate of drug-likeness (QED) is 0.509. The molecule has 9 heteroatoms. The maximum absolute atomic E-state index is 12.8. The standard InChI is InChI=1S/C20H21NO8/c1-3-27-19(25)10-7-11(20(26)28-4-2)9-12(8-10)21-17(22)15-13-5-6-14(29-13)16(15)18(23)24/h5-9,13-16H,3-4H2,1-2H3,(H,21,22)(H,23,24)/p-1. The van der Waals surface area contributed by atoms with Gasteiger partial charge in [-0.1, -0.05) is 12.2 Å². The molecule has 1 saturated heterocycles. The van der Waals surface area contributed by atoms with Crippen LogP contribution in [0.2, 0.25) is 0 Å². The van der Waals surface area contributed by atoms with Crippen LogP contribution in [0.25, 0.3) is 0 Å². The largest absolute Gasteiger partial charge is 0.550 e. The molecule has 2 aliphatic rings. The highest BCUT2D eigenvalue weighted by Gasteiger charge is 2.50. The van der Waals surface area contributed by atoms with Crippen LogP contribution in [0.5, 0.6) is 0 Å². The zero-order valence-electron chi connectivity index (χ0n) is 15.9. The Morgan fingerprint density at radius 2 is 1.45 bits per heavy atom. The number of carboxylic acids is 1. The Balaban J connectivity index is 1.88. The highest BCUT2D eigenvalue weighted by Crippen LogP contribution is 2.39. The zero-order chi connectivity index (χ0) is 21.1. The number of amides is 1. The Labute approximate surface area is 166 Å². The van der Waals surface area contributed by atoms with Gasteiger partial charge < -0.3 is 29.4 Å². The molecule has 1 amide bonds. The molecule has 1 fully saturated rings. The molecule has 0 saturated carbocycles.